The number of rotatable bonds is 6. The first-order valence-electron chi connectivity index (χ1n) is 10.9. The van der Waals surface area contributed by atoms with Gasteiger partial charge in [0.05, 0.1) is 27.6 Å². The van der Waals surface area contributed by atoms with Crippen LogP contribution in [0.4, 0.5) is 24.8 Å². The van der Waals surface area contributed by atoms with E-state index in [0.29, 0.717) is 21.3 Å². The van der Waals surface area contributed by atoms with Gasteiger partial charge in [-0.1, -0.05) is 12.1 Å². The van der Waals surface area contributed by atoms with Gasteiger partial charge in [0.1, 0.15) is 16.6 Å². The number of nitrogens with zero attached hydrogens (tertiary/aromatic N) is 4. The number of pyridine rings is 1. The molecule has 0 unspecified atom stereocenters. The standard InChI is InChI=1S/C25H17F3N6O2S2/c1-13-8-10-30-19(12-13)24-33-21(22(37-24)18-9-11-31-25(29)32-18)14-4-2-7-17(20(14)28)34-38(35,36)23-15(26)5-3-6-16(23)27/h2-12,34H,1H3,(H2,29,31,32). The Bertz CT molecular complexity index is 1770. The van der Waals surface area contributed by atoms with Crippen LogP contribution in [0.15, 0.2) is 71.9 Å². The van der Waals surface area contributed by atoms with Crippen LogP contribution in [0.25, 0.3) is 32.5 Å². The molecule has 3 N–H and O–H groups in total. The molecule has 0 atom stereocenters. The number of halogens is 3. The fourth-order valence-electron chi connectivity index (χ4n) is 3.67. The van der Waals surface area contributed by atoms with Crippen LogP contribution in [0.1, 0.15) is 5.56 Å². The summed E-state index contributed by atoms with van der Waals surface area (Å²) in [4.78, 5) is 16.3. The summed E-state index contributed by atoms with van der Waals surface area (Å²) in [6.45, 7) is 1.89. The van der Waals surface area contributed by atoms with Crippen molar-refractivity contribution in [3.63, 3.8) is 0 Å². The Morgan fingerprint density at radius 3 is 2.32 bits per heavy atom. The molecular weight excluding hydrogens is 537 g/mol. The fourth-order valence-corrected chi connectivity index (χ4v) is 5.88. The van der Waals surface area contributed by atoms with E-state index in [9.17, 15) is 17.2 Å². The summed E-state index contributed by atoms with van der Waals surface area (Å²) in [5.41, 5.74) is 7.13. The first-order valence-corrected chi connectivity index (χ1v) is 13.2. The second-order valence-corrected chi connectivity index (χ2v) is 10.7. The minimum absolute atomic E-state index is 0.00835. The molecule has 8 nitrogen and oxygen atoms in total. The van der Waals surface area contributed by atoms with Gasteiger partial charge in [0, 0.05) is 18.0 Å². The second kappa shape index (κ2) is 9.84. The molecule has 0 aliphatic rings. The number of nitrogens with one attached hydrogen (secondary N) is 1. The number of nitrogen functional groups attached to an aromatic ring is 1. The summed E-state index contributed by atoms with van der Waals surface area (Å²) in [6.07, 6.45) is 3.06. The Morgan fingerprint density at radius 2 is 1.61 bits per heavy atom. The first-order chi connectivity index (χ1) is 18.1. The number of hydrogen-bond acceptors (Lipinski definition) is 8. The third-order valence-corrected chi connectivity index (χ3v) is 7.87. The molecule has 192 valence electrons. The van der Waals surface area contributed by atoms with E-state index in [1.165, 1.54) is 29.7 Å². The molecule has 0 aliphatic heterocycles. The van der Waals surface area contributed by atoms with Crippen LogP contribution in [0.3, 0.4) is 0 Å². The van der Waals surface area contributed by atoms with E-state index in [1.807, 2.05) is 23.8 Å². The van der Waals surface area contributed by atoms with Crippen LogP contribution in [-0.4, -0.2) is 28.4 Å². The molecule has 0 radical (unpaired) electrons. The molecule has 0 fully saturated rings. The number of nitrogens with two attached hydrogens (primary N) is 1. The SMILES string of the molecule is Cc1ccnc(-c2nc(-c3cccc(NS(=O)(=O)c4c(F)cccc4F)c3F)c(-c3ccnc(N)n3)s2)c1. The number of hydrogen-bond donors (Lipinski definition) is 2. The van der Waals surface area contributed by atoms with Crippen molar-refractivity contribution in [1.29, 1.82) is 0 Å². The summed E-state index contributed by atoms with van der Waals surface area (Å²) in [7, 11) is -4.81. The molecule has 3 aromatic heterocycles. The third-order valence-electron chi connectivity index (χ3n) is 5.35. The maximum Gasteiger partial charge on any atom is 0.267 e. The van der Waals surface area contributed by atoms with Crippen LogP contribution in [0, 0.1) is 24.4 Å². The lowest BCUT2D eigenvalue weighted by atomic mass is 10.1. The van der Waals surface area contributed by atoms with Crippen LogP contribution in [0.2, 0.25) is 0 Å². The third kappa shape index (κ3) is 4.80. The van der Waals surface area contributed by atoms with Gasteiger partial charge in [-0.15, -0.1) is 11.3 Å². The highest BCUT2D eigenvalue weighted by molar-refractivity contribution is 7.92. The zero-order chi connectivity index (χ0) is 27.0. The number of benzene rings is 2. The van der Waals surface area contributed by atoms with E-state index in [2.05, 4.69) is 19.9 Å². The summed E-state index contributed by atoms with van der Waals surface area (Å²) < 4.78 is 71.7. The maximum absolute atomic E-state index is 15.8. The largest absolute Gasteiger partial charge is 0.368 e. The van der Waals surface area contributed by atoms with Gasteiger partial charge in [0.2, 0.25) is 5.95 Å². The molecule has 0 aliphatic carbocycles. The highest BCUT2D eigenvalue weighted by Gasteiger charge is 2.27. The summed E-state index contributed by atoms with van der Waals surface area (Å²) in [5.74, 6) is -3.64. The fraction of sp³-hybridized carbons (Fsp3) is 0.0400. The molecule has 0 saturated heterocycles. The Balaban J connectivity index is 1.65. The topological polar surface area (TPSA) is 124 Å². The molecular formula is C25H17F3N6O2S2. The number of thiazole rings is 1. The second-order valence-electron chi connectivity index (χ2n) is 8.04. The number of sulfonamides is 1. The van der Waals surface area contributed by atoms with E-state index in [1.54, 1.807) is 12.3 Å². The lowest BCUT2D eigenvalue weighted by Crippen LogP contribution is -2.17. The number of aromatic nitrogens is 4. The predicted molar refractivity (Wildman–Crippen MR) is 138 cm³/mol. The molecule has 0 amide bonds. The maximum atomic E-state index is 15.8. The van der Waals surface area contributed by atoms with Crippen LogP contribution >= 0.6 is 11.3 Å². The van der Waals surface area contributed by atoms with E-state index in [4.69, 9.17) is 5.73 Å². The van der Waals surface area contributed by atoms with Gasteiger partial charge in [-0.3, -0.25) is 9.71 Å². The Morgan fingerprint density at radius 1 is 0.895 bits per heavy atom. The minimum Gasteiger partial charge on any atom is -0.368 e. The van der Waals surface area contributed by atoms with E-state index in [0.717, 1.165) is 29.8 Å². The Labute approximate surface area is 219 Å². The summed E-state index contributed by atoms with van der Waals surface area (Å²) >= 11 is 1.18. The van der Waals surface area contributed by atoms with Crippen LogP contribution in [-0.2, 0) is 10.0 Å². The molecule has 0 bridgehead atoms. The van der Waals surface area contributed by atoms with Gasteiger partial charge < -0.3 is 5.73 Å². The molecule has 0 spiro atoms. The molecule has 38 heavy (non-hydrogen) atoms. The monoisotopic (exact) mass is 554 g/mol. The van der Waals surface area contributed by atoms with Crippen molar-refractivity contribution >= 4 is 33.0 Å². The average molecular weight is 555 g/mol. The van der Waals surface area contributed by atoms with Crippen LogP contribution < -0.4 is 10.5 Å². The van der Waals surface area contributed by atoms with Crippen molar-refractivity contribution in [2.24, 2.45) is 0 Å². The van der Waals surface area contributed by atoms with Gasteiger partial charge in [-0.05, 0) is 55.0 Å². The predicted octanol–water partition coefficient (Wildman–Crippen LogP) is 5.44. The zero-order valence-electron chi connectivity index (χ0n) is 19.5. The molecule has 13 heteroatoms. The van der Waals surface area contributed by atoms with Crippen molar-refractivity contribution in [3.8, 4) is 32.5 Å². The van der Waals surface area contributed by atoms with Crippen LogP contribution in [0.5, 0.6) is 0 Å². The van der Waals surface area contributed by atoms with Crippen molar-refractivity contribution in [1.82, 2.24) is 19.9 Å². The van der Waals surface area contributed by atoms with Crippen molar-refractivity contribution in [3.05, 3.63) is 90.0 Å². The van der Waals surface area contributed by atoms with Gasteiger partial charge >= 0.3 is 0 Å². The number of anilines is 2. The molecule has 3 heterocycles. The summed E-state index contributed by atoms with van der Waals surface area (Å²) in [5, 5.41) is 0.453. The van der Waals surface area contributed by atoms with Crippen molar-refractivity contribution in [2.45, 2.75) is 11.8 Å². The molecule has 5 aromatic rings. The zero-order valence-corrected chi connectivity index (χ0v) is 21.1. The lowest BCUT2D eigenvalue weighted by Gasteiger charge is -2.12. The first kappa shape index (κ1) is 25.3. The van der Waals surface area contributed by atoms with E-state index >= 15 is 4.39 Å². The highest BCUT2D eigenvalue weighted by atomic mass is 32.2. The molecule has 0 saturated carbocycles. The van der Waals surface area contributed by atoms with E-state index < -0.39 is 38.1 Å². The van der Waals surface area contributed by atoms with Gasteiger partial charge in [0.25, 0.3) is 10.0 Å². The lowest BCUT2D eigenvalue weighted by molar-refractivity contribution is 0.521. The molecule has 2 aromatic carbocycles. The average Bonchev–Trinajstić information content (AvgIpc) is 3.30. The highest BCUT2D eigenvalue weighted by Crippen LogP contribution is 2.41. The smallest absolute Gasteiger partial charge is 0.267 e. The normalized spacial score (nSPS) is 11.5. The quantitative estimate of drug-likeness (QED) is 0.287. The van der Waals surface area contributed by atoms with Gasteiger partial charge in [-0.25, -0.2) is 36.5 Å². The van der Waals surface area contributed by atoms with Gasteiger partial charge in [-0.2, -0.15) is 0 Å². The van der Waals surface area contributed by atoms with Crippen molar-refractivity contribution < 1.29 is 21.6 Å². The Kier molecular flexibility index (Phi) is 6.55. The molecule has 5 rings (SSSR count). The Hall–Kier alpha value is -4.36. The van der Waals surface area contributed by atoms with E-state index in [-0.39, 0.29) is 17.2 Å². The minimum atomic E-state index is -4.81. The van der Waals surface area contributed by atoms with Crippen molar-refractivity contribution in [2.75, 3.05) is 10.5 Å². The van der Waals surface area contributed by atoms with Gasteiger partial charge in [0.15, 0.2) is 10.7 Å². The number of aryl methyl sites for hydroxylation is 1. The summed E-state index contributed by atoms with van der Waals surface area (Å²) in [6, 6.07) is 11.7.